The molecule has 1 aromatic heterocycles. The van der Waals surface area contributed by atoms with Gasteiger partial charge >= 0.3 is 0 Å². The maximum atomic E-state index is 9.41. The normalized spacial score (nSPS) is 11.4. The molecule has 2 N–H and O–H groups in total. The molecular formula is C8H12BrN3O. The van der Waals surface area contributed by atoms with Crippen LogP contribution < -0.4 is 5.32 Å². The number of hydrogen-bond acceptors (Lipinski definition) is 4. The fourth-order valence-electron chi connectivity index (χ4n) is 0.699. The lowest BCUT2D eigenvalue weighted by atomic mass is 10.1. The van der Waals surface area contributed by atoms with Crippen molar-refractivity contribution in [2.75, 3.05) is 11.9 Å². The first-order chi connectivity index (χ1) is 5.97. The highest BCUT2D eigenvalue weighted by molar-refractivity contribution is 9.10. The highest BCUT2D eigenvalue weighted by Gasteiger charge is 2.11. The lowest BCUT2D eigenvalue weighted by Gasteiger charge is -2.17. The van der Waals surface area contributed by atoms with Gasteiger partial charge in [-0.3, -0.25) is 0 Å². The summed E-state index contributed by atoms with van der Waals surface area (Å²) in [4.78, 5) is 8.00. The second-order valence-electron chi connectivity index (χ2n) is 3.39. The van der Waals surface area contributed by atoms with Gasteiger partial charge in [0.2, 0.25) is 5.95 Å². The van der Waals surface area contributed by atoms with Crippen LogP contribution in [0.5, 0.6) is 0 Å². The van der Waals surface area contributed by atoms with E-state index in [0.717, 1.165) is 4.47 Å². The van der Waals surface area contributed by atoms with Crippen molar-refractivity contribution in [2.24, 2.45) is 0 Å². The molecule has 0 bridgehead atoms. The summed E-state index contributed by atoms with van der Waals surface area (Å²) in [7, 11) is 0. The molecule has 0 spiro atoms. The van der Waals surface area contributed by atoms with E-state index in [1.54, 1.807) is 26.2 Å². The first-order valence-electron chi connectivity index (χ1n) is 3.91. The summed E-state index contributed by atoms with van der Waals surface area (Å²) in [5.74, 6) is 0.519. The predicted molar refractivity (Wildman–Crippen MR) is 54.5 cm³/mol. The lowest BCUT2D eigenvalue weighted by Crippen LogP contribution is -2.29. The molecule has 4 nitrogen and oxygen atoms in total. The zero-order valence-corrected chi connectivity index (χ0v) is 9.17. The minimum Gasteiger partial charge on any atom is -0.389 e. The van der Waals surface area contributed by atoms with E-state index in [4.69, 9.17) is 0 Å². The van der Waals surface area contributed by atoms with Gasteiger partial charge in [0, 0.05) is 18.9 Å². The summed E-state index contributed by atoms with van der Waals surface area (Å²) < 4.78 is 0.835. The van der Waals surface area contributed by atoms with Crippen LogP contribution in [0.4, 0.5) is 5.95 Å². The van der Waals surface area contributed by atoms with Crippen LogP contribution in [-0.4, -0.2) is 27.2 Å². The molecule has 0 fully saturated rings. The SMILES string of the molecule is CC(C)(O)CNc1ncc(Br)cn1. The van der Waals surface area contributed by atoms with Crippen LogP contribution in [0, 0.1) is 0 Å². The Bertz CT molecular complexity index is 268. The van der Waals surface area contributed by atoms with Gasteiger partial charge in [0.05, 0.1) is 10.1 Å². The van der Waals surface area contributed by atoms with Gasteiger partial charge in [0.1, 0.15) is 0 Å². The Labute approximate surface area is 85.5 Å². The molecule has 0 aromatic carbocycles. The second kappa shape index (κ2) is 4.02. The van der Waals surface area contributed by atoms with Crippen LogP contribution in [0.1, 0.15) is 13.8 Å². The van der Waals surface area contributed by atoms with Crippen LogP contribution in [0.25, 0.3) is 0 Å². The van der Waals surface area contributed by atoms with Crippen molar-refractivity contribution >= 4 is 21.9 Å². The van der Waals surface area contributed by atoms with Crippen LogP contribution in [0.15, 0.2) is 16.9 Å². The Kier molecular flexibility index (Phi) is 3.22. The third-order valence-corrected chi connectivity index (χ3v) is 1.71. The third kappa shape index (κ3) is 4.19. The van der Waals surface area contributed by atoms with Crippen molar-refractivity contribution in [2.45, 2.75) is 19.4 Å². The number of aromatic nitrogens is 2. The highest BCUT2D eigenvalue weighted by Crippen LogP contribution is 2.08. The van der Waals surface area contributed by atoms with Crippen LogP contribution >= 0.6 is 15.9 Å². The number of anilines is 1. The van der Waals surface area contributed by atoms with Gasteiger partial charge in [-0.15, -0.1) is 0 Å². The lowest BCUT2D eigenvalue weighted by molar-refractivity contribution is 0.0943. The van der Waals surface area contributed by atoms with Crippen molar-refractivity contribution in [1.29, 1.82) is 0 Å². The zero-order chi connectivity index (χ0) is 9.90. The summed E-state index contributed by atoms with van der Waals surface area (Å²) in [5.41, 5.74) is -0.754. The van der Waals surface area contributed by atoms with Gasteiger partial charge in [-0.25, -0.2) is 9.97 Å². The maximum Gasteiger partial charge on any atom is 0.222 e. The number of nitrogens with one attached hydrogen (secondary N) is 1. The largest absolute Gasteiger partial charge is 0.389 e. The predicted octanol–water partition coefficient (Wildman–Crippen LogP) is 1.42. The van der Waals surface area contributed by atoms with E-state index >= 15 is 0 Å². The number of rotatable bonds is 3. The Morgan fingerprint density at radius 3 is 2.46 bits per heavy atom. The molecule has 72 valence electrons. The standard InChI is InChI=1S/C8H12BrN3O/c1-8(2,13)5-12-7-10-3-6(9)4-11-7/h3-4,13H,5H2,1-2H3,(H,10,11,12). The van der Waals surface area contributed by atoms with Gasteiger partial charge in [-0.1, -0.05) is 0 Å². The average molecular weight is 246 g/mol. The molecule has 0 aliphatic rings. The summed E-state index contributed by atoms with van der Waals surface area (Å²) in [6.07, 6.45) is 3.30. The van der Waals surface area contributed by atoms with Crippen molar-refractivity contribution in [1.82, 2.24) is 9.97 Å². The smallest absolute Gasteiger partial charge is 0.222 e. The average Bonchev–Trinajstić information content (AvgIpc) is 2.02. The maximum absolute atomic E-state index is 9.41. The van der Waals surface area contributed by atoms with Crippen LogP contribution in [-0.2, 0) is 0 Å². The number of halogens is 1. The van der Waals surface area contributed by atoms with E-state index in [1.165, 1.54) is 0 Å². The Balaban J connectivity index is 2.51. The molecule has 5 heteroatoms. The molecule has 0 aliphatic carbocycles. The van der Waals surface area contributed by atoms with Gasteiger partial charge in [-0.05, 0) is 29.8 Å². The zero-order valence-electron chi connectivity index (χ0n) is 7.58. The first-order valence-corrected chi connectivity index (χ1v) is 4.70. The fourth-order valence-corrected chi connectivity index (χ4v) is 0.904. The van der Waals surface area contributed by atoms with Gasteiger partial charge < -0.3 is 10.4 Å². The minimum atomic E-state index is -0.754. The number of aliphatic hydroxyl groups is 1. The van der Waals surface area contributed by atoms with Gasteiger partial charge in [0.15, 0.2) is 0 Å². The molecule has 0 aliphatic heterocycles. The molecule has 0 saturated heterocycles. The fraction of sp³-hybridized carbons (Fsp3) is 0.500. The van der Waals surface area contributed by atoms with Crippen molar-refractivity contribution in [3.63, 3.8) is 0 Å². The molecule has 1 heterocycles. The quantitative estimate of drug-likeness (QED) is 0.846. The van der Waals surface area contributed by atoms with Crippen molar-refractivity contribution in [3.05, 3.63) is 16.9 Å². The molecule has 0 atom stereocenters. The van der Waals surface area contributed by atoms with Crippen LogP contribution in [0.2, 0.25) is 0 Å². The Hall–Kier alpha value is -0.680. The highest BCUT2D eigenvalue weighted by atomic mass is 79.9. The van der Waals surface area contributed by atoms with E-state index in [-0.39, 0.29) is 0 Å². The summed E-state index contributed by atoms with van der Waals surface area (Å²) >= 11 is 3.23. The monoisotopic (exact) mass is 245 g/mol. The van der Waals surface area contributed by atoms with E-state index in [9.17, 15) is 5.11 Å². The van der Waals surface area contributed by atoms with Crippen molar-refractivity contribution < 1.29 is 5.11 Å². The molecule has 0 saturated carbocycles. The molecule has 1 rings (SSSR count). The summed E-state index contributed by atoms with van der Waals surface area (Å²) in [5, 5.41) is 12.3. The molecule has 0 radical (unpaired) electrons. The Morgan fingerprint density at radius 1 is 1.46 bits per heavy atom. The van der Waals surface area contributed by atoms with Crippen LogP contribution in [0.3, 0.4) is 0 Å². The molecule has 0 amide bonds. The number of nitrogens with zero attached hydrogens (tertiary/aromatic N) is 2. The second-order valence-corrected chi connectivity index (χ2v) is 4.31. The number of hydrogen-bond donors (Lipinski definition) is 2. The van der Waals surface area contributed by atoms with E-state index < -0.39 is 5.60 Å². The first kappa shape index (κ1) is 10.4. The minimum absolute atomic E-state index is 0.425. The topological polar surface area (TPSA) is 58.0 Å². The van der Waals surface area contributed by atoms with E-state index in [2.05, 4.69) is 31.2 Å². The molecule has 1 aromatic rings. The molecule has 0 unspecified atom stereocenters. The van der Waals surface area contributed by atoms with E-state index in [0.29, 0.717) is 12.5 Å². The van der Waals surface area contributed by atoms with Gasteiger partial charge in [-0.2, -0.15) is 0 Å². The van der Waals surface area contributed by atoms with Gasteiger partial charge in [0.25, 0.3) is 0 Å². The summed E-state index contributed by atoms with van der Waals surface area (Å²) in [6.45, 7) is 3.87. The third-order valence-electron chi connectivity index (χ3n) is 1.30. The van der Waals surface area contributed by atoms with Crippen molar-refractivity contribution in [3.8, 4) is 0 Å². The van der Waals surface area contributed by atoms with E-state index in [1.807, 2.05) is 0 Å². The molecule has 13 heavy (non-hydrogen) atoms. The molecular weight excluding hydrogens is 234 g/mol. The summed E-state index contributed by atoms with van der Waals surface area (Å²) in [6, 6.07) is 0. The Morgan fingerprint density at radius 2 is 2.00 bits per heavy atom.